The van der Waals surface area contributed by atoms with Gasteiger partial charge in [-0.05, 0) is 18.1 Å². The van der Waals surface area contributed by atoms with Crippen LogP contribution in [0.15, 0.2) is 60.7 Å². The van der Waals surface area contributed by atoms with E-state index in [1.54, 1.807) is 6.92 Å². The summed E-state index contributed by atoms with van der Waals surface area (Å²) < 4.78 is 10.2. The number of ether oxygens (including phenoxy) is 2. The second-order valence-electron chi connectivity index (χ2n) is 4.23. The Labute approximate surface area is 123 Å². The van der Waals surface area contributed by atoms with E-state index >= 15 is 0 Å². The number of rotatable bonds is 4. The van der Waals surface area contributed by atoms with Crippen LogP contribution in [0.5, 0.6) is 0 Å². The lowest BCUT2D eigenvalue weighted by Gasteiger charge is -2.19. The molecule has 20 heavy (non-hydrogen) atoms. The van der Waals surface area contributed by atoms with Gasteiger partial charge in [0, 0.05) is 0 Å². The van der Waals surface area contributed by atoms with Crippen LogP contribution in [0.2, 0.25) is 0 Å². The Morgan fingerprint density at radius 2 is 1.35 bits per heavy atom. The number of halogens is 1. The van der Waals surface area contributed by atoms with Crippen LogP contribution >= 0.6 is 11.6 Å². The average Bonchev–Trinajstić information content (AvgIpc) is 2.46. The van der Waals surface area contributed by atoms with Gasteiger partial charge >= 0.3 is 6.16 Å². The molecule has 0 amide bonds. The molecule has 0 bridgehead atoms. The van der Waals surface area contributed by atoms with Crippen LogP contribution in [-0.2, 0) is 9.47 Å². The minimum absolute atomic E-state index is 0.514. The quantitative estimate of drug-likeness (QED) is 0.614. The van der Waals surface area contributed by atoms with Crippen molar-refractivity contribution in [1.82, 2.24) is 0 Å². The van der Waals surface area contributed by atoms with Gasteiger partial charge in [0.1, 0.15) is 0 Å². The van der Waals surface area contributed by atoms with Crippen molar-refractivity contribution in [2.24, 2.45) is 0 Å². The molecule has 0 aliphatic carbocycles. The van der Waals surface area contributed by atoms with Gasteiger partial charge in [-0.1, -0.05) is 72.3 Å². The van der Waals surface area contributed by atoms with Crippen molar-refractivity contribution in [2.45, 2.75) is 18.6 Å². The summed E-state index contributed by atoms with van der Waals surface area (Å²) >= 11 is 5.63. The molecule has 2 aromatic rings. The molecule has 0 saturated carbocycles. The van der Waals surface area contributed by atoms with E-state index in [-0.39, 0.29) is 0 Å². The Kier molecular flexibility index (Phi) is 5.02. The Hall–Kier alpha value is -2.00. The smallest absolute Gasteiger partial charge is 0.421 e. The van der Waals surface area contributed by atoms with E-state index < -0.39 is 17.8 Å². The van der Waals surface area contributed by atoms with Gasteiger partial charge in [-0.2, -0.15) is 0 Å². The molecule has 2 aromatic carbocycles. The zero-order valence-corrected chi connectivity index (χ0v) is 11.8. The maximum absolute atomic E-state index is 11.7. The molecule has 0 N–H and O–H groups in total. The predicted molar refractivity (Wildman–Crippen MR) is 77.6 cm³/mol. The summed E-state index contributed by atoms with van der Waals surface area (Å²) in [7, 11) is 0. The summed E-state index contributed by atoms with van der Waals surface area (Å²) in [6, 6.07) is 19.0. The van der Waals surface area contributed by atoms with Gasteiger partial charge in [-0.3, -0.25) is 0 Å². The van der Waals surface area contributed by atoms with E-state index in [0.717, 1.165) is 11.1 Å². The van der Waals surface area contributed by atoms with Crippen LogP contribution in [0.25, 0.3) is 0 Å². The van der Waals surface area contributed by atoms with E-state index in [9.17, 15) is 4.79 Å². The number of carbonyl (C=O) groups is 1. The van der Waals surface area contributed by atoms with Crippen molar-refractivity contribution in [2.75, 3.05) is 0 Å². The molecule has 0 aromatic heterocycles. The van der Waals surface area contributed by atoms with E-state index in [2.05, 4.69) is 0 Å². The van der Waals surface area contributed by atoms with Gasteiger partial charge in [0.15, 0.2) is 11.7 Å². The highest BCUT2D eigenvalue weighted by molar-refractivity contribution is 6.19. The highest BCUT2D eigenvalue weighted by Gasteiger charge is 2.20. The maximum atomic E-state index is 11.7. The fraction of sp³-hybridized carbons (Fsp3) is 0.188. The molecule has 2 rings (SSSR count). The molecular weight excluding hydrogens is 276 g/mol. The minimum Gasteiger partial charge on any atom is -0.421 e. The second kappa shape index (κ2) is 6.96. The third-order valence-electron chi connectivity index (χ3n) is 2.68. The third-order valence-corrected chi connectivity index (χ3v) is 2.77. The Balaban J connectivity index is 2.24. The molecule has 104 valence electrons. The van der Waals surface area contributed by atoms with Crippen LogP contribution < -0.4 is 0 Å². The molecule has 0 spiro atoms. The van der Waals surface area contributed by atoms with Gasteiger partial charge in [0.25, 0.3) is 0 Å². The Morgan fingerprint density at radius 3 is 1.75 bits per heavy atom. The summed E-state index contributed by atoms with van der Waals surface area (Å²) in [5.74, 6) is 0. The standard InChI is InChI=1S/C16H15ClO3/c1-12(17)19-16(18)20-15(13-8-4-2-5-9-13)14-10-6-3-7-11-14/h2-12,15H,1H3/t12-/m0/s1. The first-order valence-corrected chi connectivity index (χ1v) is 6.71. The number of hydrogen-bond donors (Lipinski definition) is 0. The monoisotopic (exact) mass is 290 g/mol. The molecule has 0 radical (unpaired) electrons. The van der Waals surface area contributed by atoms with E-state index in [4.69, 9.17) is 21.1 Å². The van der Waals surface area contributed by atoms with E-state index in [1.165, 1.54) is 0 Å². The van der Waals surface area contributed by atoms with Crippen molar-refractivity contribution < 1.29 is 14.3 Å². The minimum atomic E-state index is -0.787. The number of alkyl halides is 1. The summed E-state index contributed by atoms with van der Waals surface area (Å²) in [5, 5.41) is 0. The van der Waals surface area contributed by atoms with Crippen LogP contribution in [0.3, 0.4) is 0 Å². The summed E-state index contributed by atoms with van der Waals surface area (Å²) in [4.78, 5) is 11.7. The second-order valence-corrected chi connectivity index (χ2v) is 4.84. The molecule has 0 fully saturated rings. The Morgan fingerprint density at radius 1 is 0.900 bits per heavy atom. The summed E-state index contributed by atoms with van der Waals surface area (Å²) in [5.41, 5.74) is 1.02. The van der Waals surface area contributed by atoms with Crippen molar-refractivity contribution in [3.05, 3.63) is 71.8 Å². The molecule has 4 heteroatoms. The summed E-state index contributed by atoms with van der Waals surface area (Å²) in [6.07, 6.45) is -1.30. The molecule has 1 atom stereocenters. The number of carbonyl (C=O) groups excluding carboxylic acids is 1. The highest BCUT2D eigenvalue weighted by atomic mass is 35.5. The Bertz CT molecular complexity index is 501. The van der Waals surface area contributed by atoms with Crippen LogP contribution in [0, 0.1) is 0 Å². The SMILES string of the molecule is C[C@@H](Cl)OC(=O)OC(c1ccccc1)c1ccccc1. The van der Waals surface area contributed by atoms with Crippen LogP contribution in [0.1, 0.15) is 24.2 Å². The average molecular weight is 291 g/mol. The highest BCUT2D eigenvalue weighted by Crippen LogP contribution is 2.26. The lowest BCUT2D eigenvalue weighted by Crippen LogP contribution is -2.16. The maximum Gasteiger partial charge on any atom is 0.510 e. The molecule has 0 aliphatic rings. The molecular formula is C16H15ClO3. The van der Waals surface area contributed by atoms with Crippen LogP contribution in [0.4, 0.5) is 4.79 Å². The molecule has 0 unspecified atom stereocenters. The van der Waals surface area contributed by atoms with Crippen molar-refractivity contribution in [3.8, 4) is 0 Å². The first-order valence-electron chi connectivity index (χ1n) is 6.28. The van der Waals surface area contributed by atoms with Crippen molar-refractivity contribution in [3.63, 3.8) is 0 Å². The van der Waals surface area contributed by atoms with E-state index in [0.29, 0.717) is 0 Å². The van der Waals surface area contributed by atoms with Gasteiger partial charge in [-0.25, -0.2) is 4.79 Å². The summed E-state index contributed by atoms with van der Waals surface area (Å²) in [6.45, 7) is 1.56. The molecule has 3 nitrogen and oxygen atoms in total. The normalized spacial score (nSPS) is 11.9. The first-order chi connectivity index (χ1) is 9.66. The van der Waals surface area contributed by atoms with E-state index in [1.807, 2.05) is 60.7 Å². The first kappa shape index (κ1) is 14.4. The third kappa shape index (κ3) is 4.00. The van der Waals surface area contributed by atoms with Crippen molar-refractivity contribution in [1.29, 1.82) is 0 Å². The molecule has 0 aliphatic heterocycles. The topological polar surface area (TPSA) is 35.5 Å². The van der Waals surface area contributed by atoms with Gasteiger partial charge in [0.05, 0.1) is 0 Å². The fourth-order valence-corrected chi connectivity index (χ4v) is 1.91. The predicted octanol–water partition coefficient (Wildman–Crippen LogP) is 4.51. The fourth-order valence-electron chi connectivity index (χ4n) is 1.84. The largest absolute Gasteiger partial charge is 0.510 e. The van der Waals surface area contributed by atoms with Gasteiger partial charge in [-0.15, -0.1) is 0 Å². The zero-order chi connectivity index (χ0) is 14.4. The molecule has 0 saturated heterocycles. The number of hydrogen-bond acceptors (Lipinski definition) is 3. The number of benzene rings is 2. The van der Waals surface area contributed by atoms with Crippen LogP contribution in [-0.4, -0.2) is 11.7 Å². The van der Waals surface area contributed by atoms with Crippen molar-refractivity contribution >= 4 is 17.8 Å². The van der Waals surface area contributed by atoms with Gasteiger partial charge in [0.2, 0.25) is 0 Å². The van der Waals surface area contributed by atoms with Gasteiger partial charge < -0.3 is 9.47 Å². The lowest BCUT2D eigenvalue weighted by atomic mass is 10.0. The zero-order valence-electron chi connectivity index (χ0n) is 11.0. The molecule has 0 heterocycles. The lowest BCUT2D eigenvalue weighted by molar-refractivity contribution is 0.0298.